The van der Waals surface area contributed by atoms with E-state index in [9.17, 15) is 0 Å². The van der Waals surface area contributed by atoms with Crippen LogP contribution in [0.5, 0.6) is 0 Å². The zero-order valence-electron chi connectivity index (χ0n) is 12.5. The van der Waals surface area contributed by atoms with Crippen LogP contribution >= 0.6 is 0 Å². The van der Waals surface area contributed by atoms with Crippen molar-refractivity contribution in [3.63, 3.8) is 0 Å². The van der Waals surface area contributed by atoms with Gasteiger partial charge in [0.2, 0.25) is 0 Å². The van der Waals surface area contributed by atoms with Crippen molar-refractivity contribution in [3.8, 4) is 0 Å². The quantitative estimate of drug-likeness (QED) is 0.844. The first-order valence-electron chi connectivity index (χ1n) is 7.51. The summed E-state index contributed by atoms with van der Waals surface area (Å²) in [5.41, 5.74) is 1.03. The highest BCUT2D eigenvalue weighted by molar-refractivity contribution is 4.91. The summed E-state index contributed by atoms with van der Waals surface area (Å²) in [7, 11) is 0. The molecule has 5 heteroatoms. The third-order valence-electron chi connectivity index (χ3n) is 4.21. The van der Waals surface area contributed by atoms with Crippen molar-refractivity contribution in [1.29, 1.82) is 0 Å². The van der Waals surface area contributed by atoms with Crippen LogP contribution in [0.4, 0.5) is 0 Å². The van der Waals surface area contributed by atoms with Crippen molar-refractivity contribution < 1.29 is 0 Å². The first-order valence-corrected chi connectivity index (χ1v) is 7.51. The van der Waals surface area contributed by atoms with Crippen LogP contribution in [0.3, 0.4) is 0 Å². The first-order chi connectivity index (χ1) is 9.19. The van der Waals surface area contributed by atoms with Crippen LogP contribution in [0.15, 0.2) is 6.20 Å². The Bertz CT molecular complexity index is 376. The highest BCUT2D eigenvalue weighted by Gasteiger charge is 2.22. The summed E-state index contributed by atoms with van der Waals surface area (Å²) >= 11 is 0. The molecule has 0 bridgehead atoms. The predicted octanol–water partition coefficient (Wildman–Crippen LogP) is 1.37. The summed E-state index contributed by atoms with van der Waals surface area (Å²) in [6.45, 7) is 13.1. The van der Waals surface area contributed by atoms with E-state index in [0.29, 0.717) is 0 Å². The molecule has 1 aromatic heterocycles. The Balaban J connectivity index is 1.74. The Morgan fingerprint density at radius 3 is 2.89 bits per heavy atom. The molecule has 0 amide bonds. The first kappa shape index (κ1) is 14.5. The number of aromatic nitrogens is 3. The summed E-state index contributed by atoms with van der Waals surface area (Å²) in [5.74, 6) is 1.68. The number of hydrogen-bond donors (Lipinski definition) is 1. The van der Waals surface area contributed by atoms with Gasteiger partial charge in [-0.1, -0.05) is 26.0 Å². The Morgan fingerprint density at radius 2 is 2.16 bits per heavy atom. The average Bonchev–Trinajstić information content (AvgIpc) is 2.86. The molecule has 1 aliphatic rings. The molecule has 2 heterocycles. The van der Waals surface area contributed by atoms with E-state index in [0.717, 1.165) is 43.7 Å². The molecule has 19 heavy (non-hydrogen) atoms. The Kier molecular flexibility index (Phi) is 5.34. The number of rotatable bonds is 6. The molecule has 0 aliphatic carbocycles. The molecule has 5 nitrogen and oxygen atoms in total. The summed E-state index contributed by atoms with van der Waals surface area (Å²) in [6, 6.07) is 0. The molecule has 1 aromatic rings. The fourth-order valence-corrected chi connectivity index (χ4v) is 2.58. The van der Waals surface area contributed by atoms with E-state index in [1.807, 2.05) is 4.68 Å². The van der Waals surface area contributed by atoms with E-state index in [-0.39, 0.29) is 0 Å². The molecule has 1 saturated heterocycles. The maximum absolute atomic E-state index is 4.19. The van der Waals surface area contributed by atoms with Gasteiger partial charge in [0.1, 0.15) is 0 Å². The summed E-state index contributed by atoms with van der Waals surface area (Å²) in [5, 5.41) is 11.6. The monoisotopic (exact) mass is 265 g/mol. The minimum Gasteiger partial charge on any atom is -0.311 e. The van der Waals surface area contributed by atoms with Crippen molar-refractivity contribution in [3.05, 3.63) is 11.9 Å². The van der Waals surface area contributed by atoms with Crippen LogP contribution < -0.4 is 5.32 Å². The van der Waals surface area contributed by atoms with Gasteiger partial charge in [-0.15, -0.1) is 5.10 Å². The van der Waals surface area contributed by atoms with Crippen LogP contribution in [0.2, 0.25) is 0 Å². The van der Waals surface area contributed by atoms with Crippen LogP contribution in [0, 0.1) is 11.8 Å². The molecule has 0 radical (unpaired) electrons. The van der Waals surface area contributed by atoms with Gasteiger partial charge < -0.3 is 10.2 Å². The lowest BCUT2D eigenvalue weighted by atomic mass is 9.89. The number of likely N-dealkylation sites (tertiary alicyclic amines) is 1. The second-order valence-corrected chi connectivity index (χ2v) is 5.80. The number of piperidine rings is 1. The number of nitrogens with zero attached hydrogens (tertiary/aromatic N) is 4. The van der Waals surface area contributed by atoms with E-state index < -0.39 is 0 Å². The van der Waals surface area contributed by atoms with Gasteiger partial charge in [-0.2, -0.15) is 0 Å². The topological polar surface area (TPSA) is 46.0 Å². The van der Waals surface area contributed by atoms with E-state index in [1.54, 1.807) is 0 Å². The fraction of sp³-hybridized carbons (Fsp3) is 0.857. The second-order valence-electron chi connectivity index (χ2n) is 5.80. The third-order valence-corrected chi connectivity index (χ3v) is 4.21. The summed E-state index contributed by atoms with van der Waals surface area (Å²) in [6.07, 6.45) is 3.38. The highest BCUT2D eigenvalue weighted by Crippen LogP contribution is 2.22. The van der Waals surface area contributed by atoms with Gasteiger partial charge in [-0.25, -0.2) is 0 Å². The third kappa shape index (κ3) is 4.28. The minimum absolute atomic E-state index is 0.814. The lowest BCUT2D eigenvalue weighted by Crippen LogP contribution is -2.40. The Labute approximate surface area is 116 Å². The van der Waals surface area contributed by atoms with Crippen molar-refractivity contribution >= 4 is 0 Å². The second kappa shape index (κ2) is 7.01. The molecule has 1 aliphatic heterocycles. The maximum Gasteiger partial charge on any atom is 0.0964 e. The SMILES string of the molecule is CCNCc1cn(CCN2CCC(C)C(C)C2)nn1. The van der Waals surface area contributed by atoms with Gasteiger partial charge in [0, 0.05) is 25.8 Å². The highest BCUT2D eigenvalue weighted by atomic mass is 15.4. The smallest absolute Gasteiger partial charge is 0.0964 e. The van der Waals surface area contributed by atoms with Crippen LogP contribution in [-0.4, -0.2) is 46.1 Å². The van der Waals surface area contributed by atoms with Crippen LogP contribution in [0.25, 0.3) is 0 Å². The fourth-order valence-electron chi connectivity index (χ4n) is 2.58. The molecular formula is C14H27N5. The summed E-state index contributed by atoms with van der Waals surface area (Å²) < 4.78 is 1.97. The van der Waals surface area contributed by atoms with Crippen LogP contribution in [0.1, 0.15) is 32.9 Å². The van der Waals surface area contributed by atoms with Gasteiger partial charge in [0.05, 0.1) is 12.2 Å². The maximum atomic E-state index is 4.19. The van der Waals surface area contributed by atoms with Gasteiger partial charge in [0.15, 0.2) is 0 Å². The molecule has 1 fully saturated rings. The molecule has 2 rings (SSSR count). The van der Waals surface area contributed by atoms with Crippen molar-refractivity contribution in [2.24, 2.45) is 11.8 Å². The van der Waals surface area contributed by atoms with Crippen molar-refractivity contribution in [1.82, 2.24) is 25.2 Å². The lowest BCUT2D eigenvalue weighted by Gasteiger charge is -2.35. The zero-order valence-corrected chi connectivity index (χ0v) is 12.5. The van der Waals surface area contributed by atoms with E-state index in [2.05, 4.69) is 47.5 Å². The number of hydrogen-bond acceptors (Lipinski definition) is 4. The zero-order chi connectivity index (χ0) is 13.7. The largest absolute Gasteiger partial charge is 0.311 e. The van der Waals surface area contributed by atoms with Crippen molar-refractivity contribution in [2.75, 3.05) is 26.2 Å². The van der Waals surface area contributed by atoms with Gasteiger partial charge >= 0.3 is 0 Å². The normalized spacial score (nSPS) is 24.8. The molecule has 2 atom stereocenters. The minimum atomic E-state index is 0.814. The predicted molar refractivity (Wildman–Crippen MR) is 76.8 cm³/mol. The van der Waals surface area contributed by atoms with Gasteiger partial charge in [0.25, 0.3) is 0 Å². The Hall–Kier alpha value is -0.940. The average molecular weight is 265 g/mol. The standard InChI is InChI=1S/C14H27N5/c1-4-15-9-14-11-19(17-16-14)8-7-18-6-5-12(2)13(3)10-18/h11-13,15H,4-10H2,1-3H3. The molecule has 108 valence electrons. The molecule has 2 unspecified atom stereocenters. The van der Waals surface area contributed by atoms with E-state index in [1.165, 1.54) is 19.5 Å². The van der Waals surface area contributed by atoms with E-state index in [4.69, 9.17) is 0 Å². The van der Waals surface area contributed by atoms with Gasteiger partial charge in [-0.05, 0) is 31.3 Å². The molecule has 0 aromatic carbocycles. The molecule has 0 saturated carbocycles. The van der Waals surface area contributed by atoms with Crippen molar-refractivity contribution in [2.45, 2.75) is 40.3 Å². The molecular weight excluding hydrogens is 238 g/mol. The summed E-state index contributed by atoms with van der Waals surface area (Å²) in [4.78, 5) is 2.55. The number of nitrogens with one attached hydrogen (secondary N) is 1. The lowest BCUT2D eigenvalue weighted by molar-refractivity contribution is 0.133. The molecule has 1 N–H and O–H groups in total. The van der Waals surface area contributed by atoms with E-state index >= 15 is 0 Å². The molecule has 0 spiro atoms. The van der Waals surface area contributed by atoms with Gasteiger partial charge in [-0.3, -0.25) is 4.68 Å². The van der Waals surface area contributed by atoms with Crippen LogP contribution in [-0.2, 0) is 13.1 Å². The Morgan fingerprint density at radius 1 is 1.32 bits per heavy atom.